The predicted molar refractivity (Wildman–Crippen MR) is 75.1 cm³/mol. The van der Waals surface area contributed by atoms with Crippen molar-refractivity contribution in [3.8, 4) is 0 Å². The van der Waals surface area contributed by atoms with Gasteiger partial charge in [-0.2, -0.15) is 0 Å². The Morgan fingerprint density at radius 2 is 2.14 bits per heavy atom. The Bertz CT molecular complexity index is 511. The Morgan fingerprint density at radius 3 is 2.76 bits per heavy atom. The van der Waals surface area contributed by atoms with E-state index in [1.165, 1.54) is 6.07 Å². The van der Waals surface area contributed by atoms with E-state index in [0.29, 0.717) is 5.92 Å². The maximum Gasteiger partial charge on any atom is 0.433 e. The second-order valence-corrected chi connectivity index (χ2v) is 5.65. The van der Waals surface area contributed by atoms with E-state index in [4.69, 9.17) is 9.15 Å². The maximum atomic E-state index is 12.0. The van der Waals surface area contributed by atoms with E-state index in [0.717, 1.165) is 38.3 Å². The third-order valence-electron chi connectivity index (χ3n) is 3.67. The number of ether oxygens (including phenoxy) is 1. The van der Waals surface area contributed by atoms with Crippen LogP contribution in [-0.4, -0.2) is 42.5 Å². The van der Waals surface area contributed by atoms with Gasteiger partial charge in [0, 0.05) is 12.5 Å². The minimum atomic E-state index is -0.674. The van der Waals surface area contributed by atoms with E-state index in [1.807, 2.05) is 14.1 Å². The third-order valence-corrected chi connectivity index (χ3v) is 3.67. The summed E-state index contributed by atoms with van der Waals surface area (Å²) in [6.07, 6.45) is 3.86. The smallest absolute Gasteiger partial charge is 0.433 e. The van der Waals surface area contributed by atoms with Gasteiger partial charge in [-0.15, -0.1) is 0 Å². The van der Waals surface area contributed by atoms with Crippen LogP contribution < -0.4 is 0 Å². The first kappa shape index (κ1) is 15.5. The number of carbonyl (C=O) groups is 1. The molecule has 7 heteroatoms. The summed E-state index contributed by atoms with van der Waals surface area (Å²) in [5.41, 5.74) is 0. The summed E-state index contributed by atoms with van der Waals surface area (Å²) in [6.45, 7) is 0.857. The van der Waals surface area contributed by atoms with Crippen molar-refractivity contribution in [2.24, 2.45) is 5.92 Å². The van der Waals surface area contributed by atoms with Crippen molar-refractivity contribution in [3.63, 3.8) is 0 Å². The molecule has 0 aromatic carbocycles. The quantitative estimate of drug-likeness (QED) is 0.471. The van der Waals surface area contributed by atoms with Crippen molar-refractivity contribution in [1.82, 2.24) is 4.90 Å². The van der Waals surface area contributed by atoms with Gasteiger partial charge in [0.2, 0.25) is 5.76 Å². The topological polar surface area (TPSA) is 85.8 Å². The fourth-order valence-corrected chi connectivity index (χ4v) is 2.74. The van der Waals surface area contributed by atoms with Crippen LogP contribution in [-0.2, 0) is 4.74 Å². The van der Waals surface area contributed by atoms with Gasteiger partial charge in [0.05, 0.1) is 6.07 Å². The van der Waals surface area contributed by atoms with Crippen molar-refractivity contribution in [3.05, 3.63) is 28.0 Å². The maximum absolute atomic E-state index is 12.0. The van der Waals surface area contributed by atoms with Crippen molar-refractivity contribution in [1.29, 1.82) is 0 Å². The first-order chi connectivity index (χ1) is 9.97. The van der Waals surface area contributed by atoms with Gasteiger partial charge in [-0.1, -0.05) is 6.42 Å². The van der Waals surface area contributed by atoms with Gasteiger partial charge < -0.3 is 14.1 Å². The number of nitrogens with zero attached hydrogens (tertiary/aromatic N) is 2. The molecule has 1 saturated carbocycles. The number of hydrogen-bond donors (Lipinski definition) is 0. The molecule has 1 aliphatic rings. The largest absolute Gasteiger partial charge is 0.456 e. The number of furan rings is 1. The SMILES string of the molecule is CN(C)C[C@H]1CCCC[C@@H]1OC(=O)c1ccc([N+](=O)[O-])o1. The molecule has 1 aliphatic carbocycles. The van der Waals surface area contributed by atoms with Crippen molar-refractivity contribution >= 4 is 11.9 Å². The summed E-state index contributed by atoms with van der Waals surface area (Å²) in [4.78, 5) is 24.0. The summed E-state index contributed by atoms with van der Waals surface area (Å²) in [5.74, 6) is -0.896. The molecule has 1 heterocycles. The van der Waals surface area contributed by atoms with Gasteiger partial charge in [0.25, 0.3) is 0 Å². The van der Waals surface area contributed by atoms with Crippen molar-refractivity contribution in [2.45, 2.75) is 31.8 Å². The fraction of sp³-hybridized carbons (Fsp3) is 0.643. The number of hydrogen-bond acceptors (Lipinski definition) is 6. The summed E-state index contributed by atoms with van der Waals surface area (Å²) < 4.78 is 10.4. The van der Waals surface area contributed by atoms with Gasteiger partial charge in [0.1, 0.15) is 11.0 Å². The molecule has 0 aliphatic heterocycles. The predicted octanol–water partition coefficient (Wildman–Crippen LogP) is 2.47. The van der Waals surface area contributed by atoms with Gasteiger partial charge in [-0.25, -0.2) is 4.79 Å². The van der Waals surface area contributed by atoms with Crippen LogP contribution in [0.5, 0.6) is 0 Å². The second kappa shape index (κ2) is 6.71. The summed E-state index contributed by atoms with van der Waals surface area (Å²) >= 11 is 0. The zero-order valence-electron chi connectivity index (χ0n) is 12.3. The van der Waals surface area contributed by atoms with Gasteiger partial charge in [-0.05, 0) is 39.4 Å². The molecular formula is C14H20N2O5. The number of rotatable bonds is 5. The molecule has 1 fully saturated rings. The van der Waals surface area contributed by atoms with Crippen molar-refractivity contribution < 1.29 is 18.9 Å². The lowest BCUT2D eigenvalue weighted by Gasteiger charge is -2.32. The fourth-order valence-electron chi connectivity index (χ4n) is 2.74. The van der Waals surface area contributed by atoms with Gasteiger partial charge in [-0.3, -0.25) is 10.1 Å². The minimum Gasteiger partial charge on any atom is -0.456 e. The van der Waals surface area contributed by atoms with Crippen LogP contribution in [0.25, 0.3) is 0 Å². The first-order valence-corrected chi connectivity index (χ1v) is 7.07. The summed E-state index contributed by atoms with van der Waals surface area (Å²) in [6, 6.07) is 2.44. The molecule has 0 spiro atoms. The van der Waals surface area contributed by atoms with E-state index in [9.17, 15) is 14.9 Å². The highest BCUT2D eigenvalue weighted by Gasteiger charge is 2.30. The molecule has 1 aromatic heterocycles. The van der Waals surface area contributed by atoms with Crippen LogP contribution in [0, 0.1) is 16.0 Å². The van der Waals surface area contributed by atoms with Gasteiger partial charge in [0.15, 0.2) is 0 Å². The van der Waals surface area contributed by atoms with Crippen LogP contribution in [0.15, 0.2) is 16.5 Å². The van der Waals surface area contributed by atoms with Crippen LogP contribution >= 0.6 is 0 Å². The number of esters is 1. The van der Waals surface area contributed by atoms with Crippen molar-refractivity contribution in [2.75, 3.05) is 20.6 Å². The molecule has 0 unspecified atom stereocenters. The van der Waals surface area contributed by atoms with Crippen LogP contribution in [0.1, 0.15) is 36.2 Å². The lowest BCUT2D eigenvalue weighted by molar-refractivity contribution is -0.402. The van der Waals surface area contributed by atoms with E-state index >= 15 is 0 Å². The summed E-state index contributed by atoms with van der Waals surface area (Å²) in [7, 11) is 3.98. The Balaban J connectivity index is 2.00. The van der Waals surface area contributed by atoms with E-state index < -0.39 is 16.8 Å². The first-order valence-electron chi connectivity index (χ1n) is 7.07. The molecule has 2 rings (SSSR count). The molecule has 2 atom stereocenters. The lowest BCUT2D eigenvalue weighted by Crippen LogP contribution is -2.36. The molecule has 0 bridgehead atoms. The molecule has 0 amide bonds. The lowest BCUT2D eigenvalue weighted by atomic mass is 9.86. The van der Waals surface area contributed by atoms with Gasteiger partial charge >= 0.3 is 11.9 Å². The molecule has 0 saturated heterocycles. The van der Waals surface area contributed by atoms with E-state index in [1.54, 1.807) is 0 Å². The molecular weight excluding hydrogens is 276 g/mol. The highest BCUT2D eigenvalue weighted by molar-refractivity contribution is 5.86. The van der Waals surface area contributed by atoms with Crippen LogP contribution in [0.4, 0.5) is 5.88 Å². The zero-order chi connectivity index (χ0) is 15.4. The Morgan fingerprint density at radius 1 is 1.43 bits per heavy atom. The number of nitro groups is 1. The Hall–Kier alpha value is -1.89. The minimum absolute atomic E-state index is 0.115. The standard InChI is InChI=1S/C14H20N2O5/c1-15(2)9-10-5-3-4-6-11(10)21-14(17)12-7-8-13(20-12)16(18)19/h7-8,10-11H,3-6,9H2,1-2H3/t10-,11+/m1/s1. The molecule has 0 radical (unpaired) electrons. The van der Waals surface area contributed by atoms with Crippen LogP contribution in [0.3, 0.4) is 0 Å². The Labute approximate surface area is 123 Å². The number of carbonyl (C=O) groups excluding carboxylic acids is 1. The molecule has 116 valence electrons. The molecule has 1 aromatic rings. The molecule has 7 nitrogen and oxygen atoms in total. The average Bonchev–Trinajstić information content (AvgIpc) is 2.90. The highest BCUT2D eigenvalue weighted by atomic mass is 16.7. The average molecular weight is 296 g/mol. The second-order valence-electron chi connectivity index (χ2n) is 5.65. The molecule has 0 N–H and O–H groups in total. The zero-order valence-corrected chi connectivity index (χ0v) is 12.3. The van der Waals surface area contributed by atoms with E-state index in [-0.39, 0.29) is 11.9 Å². The Kier molecular flexibility index (Phi) is 4.95. The van der Waals surface area contributed by atoms with Crippen LogP contribution in [0.2, 0.25) is 0 Å². The summed E-state index contributed by atoms with van der Waals surface area (Å²) in [5, 5.41) is 10.6. The normalized spacial score (nSPS) is 22.2. The highest BCUT2D eigenvalue weighted by Crippen LogP contribution is 2.28. The molecule has 21 heavy (non-hydrogen) atoms. The monoisotopic (exact) mass is 296 g/mol. The van der Waals surface area contributed by atoms with E-state index in [2.05, 4.69) is 4.90 Å². The third kappa shape index (κ3) is 4.04.